The number of hydrogen-bond donors (Lipinski definition) is 0. The van der Waals surface area contributed by atoms with E-state index in [1.165, 1.54) is 5.56 Å². The number of hydrogen-bond acceptors (Lipinski definition) is 3. The van der Waals surface area contributed by atoms with Crippen molar-refractivity contribution in [3.8, 4) is 11.8 Å². The third kappa shape index (κ3) is 3.10. The molecule has 102 valence electrons. The van der Waals surface area contributed by atoms with Crippen molar-refractivity contribution in [2.24, 2.45) is 0 Å². The van der Waals surface area contributed by atoms with E-state index in [9.17, 15) is 5.26 Å². The first-order valence-corrected chi connectivity index (χ1v) is 6.49. The van der Waals surface area contributed by atoms with Gasteiger partial charge in [-0.1, -0.05) is 18.2 Å². The minimum Gasteiger partial charge on any atom is -0.497 e. The summed E-state index contributed by atoms with van der Waals surface area (Å²) < 4.78 is 5.15. The molecule has 2 rings (SSSR count). The Labute approximate surface area is 120 Å². The SMILES string of the molecule is COc1ccc(CN(C)c2ccc(C)cc2C#N)cc1. The highest BCUT2D eigenvalue weighted by molar-refractivity contribution is 5.60. The van der Waals surface area contributed by atoms with Gasteiger partial charge >= 0.3 is 0 Å². The van der Waals surface area contributed by atoms with E-state index >= 15 is 0 Å². The Morgan fingerprint density at radius 3 is 2.45 bits per heavy atom. The lowest BCUT2D eigenvalue weighted by Gasteiger charge is -2.21. The summed E-state index contributed by atoms with van der Waals surface area (Å²) in [4.78, 5) is 2.08. The molecule has 0 saturated heterocycles. The van der Waals surface area contributed by atoms with Gasteiger partial charge in [0.25, 0.3) is 0 Å². The van der Waals surface area contributed by atoms with Gasteiger partial charge < -0.3 is 9.64 Å². The zero-order valence-electron chi connectivity index (χ0n) is 12.1. The van der Waals surface area contributed by atoms with Gasteiger partial charge in [0.15, 0.2) is 0 Å². The molecule has 0 radical (unpaired) electrons. The van der Waals surface area contributed by atoms with Gasteiger partial charge in [-0.3, -0.25) is 0 Å². The van der Waals surface area contributed by atoms with Crippen molar-refractivity contribution >= 4 is 5.69 Å². The van der Waals surface area contributed by atoms with Crippen molar-refractivity contribution in [3.05, 3.63) is 59.2 Å². The number of nitriles is 1. The molecular weight excluding hydrogens is 248 g/mol. The third-order valence-corrected chi connectivity index (χ3v) is 3.26. The molecular formula is C17H18N2O. The van der Waals surface area contributed by atoms with Gasteiger partial charge in [0.1, 0.15) is 11.8 Å². The summed E-state index contributed by atoms with van der Waals surface area (Å²) in [6.07, 6.45) is 0. The van der Waals surface area contributed by atoms with Crippen LogP contribution in [0.25, 0.3) is 0 Å². The van der Waals surface area contributed by atoms with Gasteiger partial charge in [-0.15, -0.1) is 0 Å². The van der Waals surface area contributed by atoms with Gasteiger partial charge in [-0.25, -0.2) is 0 Å². The van der Waals surface area contributed by atoms with Crippen LogP contribution in [0, 0.1) is 18.3 Å². The van der Waals surface area contributed by atoms with E-state index in [0.717, 1.165) is 23.5 Å². The fourth-order valence-electron chi connectivity index (χ4n) is 2.16. The van der Waals surface area contributed by atoms with E-state index in [2.05, 4.69) is 11.0 Å². The van der Waals surface area contributed by atoms with Crippen molar-refractivity contribution in [1.29, 1.82) is 5.26 Å². The molecule has 3 heteroatoms. The van der Waals surface area contributed by atoms with Crippen LogP contribution in [0.5, 0.6) is 5.75 Å². The minimum atomic E-state index is 0.709. The van der Waals surface area contributed by atoms with Crippen molar-refractivity contribution in [1.82, 2.24) is 0 Å². The molecule has 0 saturated carbocycles. The highest BCUT2D eigenvalue weighted by atomic mass is 16.5. The Hall–Kier alpha value is -2.47. The van der Waals surface area contributed by atoms with Gasteiger partial charge in [0.2, 0.25) is 0 Å². The quantitative estimate of drug-likeness (QED) is 0.849. The lowest BCUT2D eigenvalue weighted by molar-refractivity contribution is 0.414. The lowest BCUT2D eigenvalue weighted by atomic mass is 10.1. The molecule has 0 heterocycles. The second-order valence-corrected chi connectivity index (χ2v) is 4.84. The van der Waals surface area contributed by atoms with Crippen LogP contribution in [-0.4, -0.2) is 14.2 Å². The molecule has 0 atom stereocenters. The van der Waals surface area contributed by atoms with Crippen molar-refractivity contribution in [2.75, 3.05) is 19.1 Å². The number of benzene rings is 2. The predicted octanol–water partition coefficient (Wildman–Crippen LogP) is 3.51. The van der Waals surface area contributed by atoms with Crippen LogP contribution < -0.4 is 9.64 Å². The summed E-state index contributed by atoms with van der Waals surface area (Å²) in [7, 11) is 3.66. The van der Waals surface area contributed by atoms with E-state index in [1.54, 1.807) is 7.11 Å². The van der Waals surface area contributed by atoms with Crippen LogP contribution in [0.3, 0.4) is 0 Å². The largest absolute Gasteiger partial charge is 0.497 e. The number of anilines is 1. The summed E-state index contributed by atoms with van der Waals surface area (Å²) in [6.45, 7) is 2.75. The Morgan fingerprint density at radius 1 is 1.15 bits per heavy atom. The molecule has 20 heavy (non-hydrogen) atoms. The molecule has 0 aliphatic carbocycles. The van der Waals surface area contributed by atoms with Crippen LogP contribution in [0.15, 0.2) is 42.5 Å². The lowest BCUT2D eigenvalue weighted by Crippen LogP contribution is -2.17. The molecule has 0 aliphatic rings. The highest BCUT2D eigenvalue weighted by Crippen LogP contribution is 2.22. The van der Waals surface area contributed by atoms with Crippen molar-refractivity contribution in [3.63, 3.8) is 0 Å². The topological polar surface area (TPSA) is 36.3 Å². The number of nitrogens with zero attached hydrogens (tertiary/aromatic N) is 2. The summed E-state index contributed by atoms with van der Waals surface area (Å²) >= 11 is 0. The van der Waals surface area contributed by atoms with E-state index in [-0.39, 0.29) is 0 Å². The summed E-state index contributed by atoms with van der Waals surface area (Å²) in [5.74, 6) is 0.851. The third-order valence-electron chi connectivity index (χ3n) is 3.26. The molecule has 0 bridgehead atoms. The maximum atomic E-state index is 9.23. The first kappa shape index (κ1) is 14.0. The predicted molar refractivity (Wildman–Crippen MR) is 81.0 cm³/mol. The molecule has 0 N–H and O–H groups in total. The van der Waals surface area contributed by atoms with Crippen LogP contribution in [0.1, 0.15) is 16.7 Å². The standard InChI is InChI=1S/C17H18N2O/c1-13-4-9-17(15(10-13)11-18)19(2)12-14-5-7-16(20-3)8-6-14/h4-10H,12H2,1-3H3. The Balaban J connectivity index is 2.19. The zero-order valence-corrected chi connectivity index (χ0v) is 12.1. The van der Waals surface area contributed by atoms with Gasteiger partial charge in [0.05, 0.1) is 18.4 Å². The number of aryl methyl sites for hydroxylation is 1. The van der Waals surface area contributed by atoms with Crippen LogP contribution in [0.2, 0.25) is 0 Å². The van der Waals surface area contributed by atoms with Crippen molar-refractivity contribution in [2.45, 2.75) is 13.5 Å². The Kier molecular flexibility index (Phi) is 4.27. The first-order chi connectivity index (χ1) is 9.63. The van der Waals surface area contributed by atoms with Crippen molar-refractivity contribution < 1.29 is 4.74 Å². The zero-order chi connectivity index (χ0) is 14.5. The summed E-state index contributed by atoms with van der Waals surface area (Å²) in [5.41, 5.74) is 3.94. The normalized spacial score (nSPS) is 9.90. The average Bonchev–Trinajstić information content (AvgIpc) is 2.47. The van der Waals surface area contributed by atoms with E-state index in [4.69, 9.17) is 4.74 Å². The monoisotopic (exact) mass is 266 g/mol. The van der Waals surface area contributed by atoms with E-state index < -0.39 is 0 Å². The van der Waals surface area contributed by atoms with E-state index in [1.807, 2.05) is 56.4 Å². The number of ether oxygens (including phenoxy) is 1. The second-order valence-electron chi connectivity index (χ2n) is 4.84. The average molecular weight is 266 g/mol. The molecule has 0 fully saturated rings. The van der Waals surface area contributed by atoms with Crippen LogP contribution >= 0.6 is 0 Å². The molecule has 3 nitrogen and oxygen atoms in total. The summed E-state index contributed by atoms with van der Waals surface area (Å²) in [6, 6.07) is 16.2. The van der Waals surface area contributed by atoms with Gasteiger partial charge in [0, 0.05) is 13.6 Å². The molecule has 2 aromatic carbocycles. The molecule has 2 aromatic rings. The summed E-state index contributed by atoms with van der Waals surface area (Å²) in [5, 5.41) is 9.23. The maximum absolute atomic E-state index is 9.23. The number of methoxy groups -OCH3 is 1. The second kappa shape index (κ2) is 6.12. The smallest absolute Gasteiger partial charge is 0.118 e. The molecule has 0 aliphatic heterocycles. The molecule has 0 amide bonds. The van der Waals surface area contributed by atoms with E-state index in [0.29, 0.717) is 5.56 Å². The molecule has 0 unspecified atom stereocenters. The van der Waals surface area contributed by atoms with Gasteiger partial charge in [-0.2, -0.15) is 5.26 Å². The highest BCUT2D eigenvalue weighted by Gasteiger charge is 2.08. The Morgan fingerprint density at radius 2 is 1.85 bits per heavy atom. The van der Waals surface area contributed by atoms with Gasteiger partial charge in [-0.05, 0) is 42.3 Å². The first-order valence-electron chi connectivity index (χ1n) is 6.49. The molecule has 0 aromatic heterocycles. The van der Waals surface area contributed by atoms with Crippen LogP contribution in [0.4, 0.5) is 5.69 Å². The minimum absolute atomic E-state index is 0.709. The van der Waals surface area contributed by atoms with Crippen LogP contribution in [-0.2, 0) is 6.54 Å². The fraction of sp³-hybridized carbons (Fsp3) is 0.235. The molecule has 0 spiro atoms. The maximum Gasteiger partial charge on any atom is 0.118 e. The number of rotatable bonds is 4. The fourth-order valence-corrected chi connectivity index (χ4v) is 2.16. The Bertz CT molecular complexity index is 626.